The molecule has 2 aliphatic heterocycles. The average molecular weight is 241 g/mol. The maximum absolute atomic E-state index is 11.6. The fraction of sp³-hybridized carbons (Fsp3) is 0.818. The van der Waals surface area contributed by atoms with E-state index in [0.717, 1.165) is 19.6 Å². The molecule has 0 saturated carbocycles. The van der Waals surface area contributed by atoms with Gasteiger partial charge in [-0.3, -0.25) is 4.79 Å². The highest BCUT2D eigenvalue weighted by Crippen LogP contribution is 2.15. The van der Waals surface area contributed by atoms with E-state index in [-0.39, 0.29) is 11.9 Å². The molecular weight excluding hydrogens is 222 g/mol. The number of urea groups is 1. The summed E-state index contributed by atoms with van der Waals surface area (Å²) in [7, 11) is 0. The Hall–Kier alpha value is -1.30. The van der Waals surface area contributed by atoms with Gasteiger partial charge in [-0.15, -0.1) is 0 Å². The number of carboxylic acid groups (broad SMARTS) is 1. The Morgan fingerprint density at radius 1 is 1.24 bits per heavy atom. The second-order valence-electron chi connectivity index (χ2n) is 4.72. The van der Waals surface area contributed by atoms with Crippen LogP contribution in [0.25, 0.3) is 0 Å². The summed E-state index contributed by atoms with van der Waals surface area (Å²) >= 11 is 0. The Balaban J connectivity index is 1.57. The third kappa shape index (κ3) is 3.09. The molecule has 96 valence electrons. The molecule has 0 aromatic rings. The zero-order valence-electron chi connectivity index (χ0n) is 9.89. The minimum absolute atomic E-state index is 0.137. The van der Waals surface area contributed by atoms with Gasteiger partial charge in [0.1, 0.15) is 0 Å². The lowest BCUT2D eigenvalue weighted by Gasteiger charge is -2.36. The Morgan fingerprint density at radius 2 is 1.88 bits per heavy atom. The molecule has 2 saturated heterocycles. The van der Waals surface area contributed by atoms with Gasteiger partial charge in [-0.25, -0.2) is 4.79 Å². The quantitative estimate of drug-likeness (QED) is 0.715. The first-order valence-corrected chi connectivity index (χ1v) is 6.15. The second-order valence-corrected chi connectivity index (χ2v) is 4.72. The highest BCUT2D eigenvalue weighted by molar-refractivity contribution is 5.79. The van der Waals surface area contributed by atoms with Crippen molar-refractivity contribution >= 4 is 12.0 Å². The molecule has 2 rings (SSSR count). The number of nitrogens with zero attached hydrogens (tertiary/aromatic N) is 2. The van der Waals surface area contributed by atoms with E-state index in [1.807, 2.05) is 0 Å². The van der Waals surface area contributed by atoms with Crippen molar-refractivity contribution in [3.63, 3.8) is 0 Å². The fourth-order valence-electron chi connectivity index (χ4n) is 2.24. The molecule has 0 bridgehead atoms. The van der Waals surface area contributed by atoms with Crippen molar-refractivity contribution in [3.8, 4) is 0 Å². The number of hydrogen-bond acceptors (Lipinski definition) is 3. The number of amides is 2. The molecule has 2 aliphatic rings. The zero-order valence-corrected chi connectivity index (χ0v) is 9.89. The lowest BCUT2D eigenvalue weighted by atomic mass is 10.0. The highest BCUT2D eigenvalue weighted by Gasteiger charge is 2.35. The van der Waals surface area contributed by atoms with Crippen LogP contribution in [0.15, 0.2) is 0 Å². The lowest BCUT2D eigenvalue weighted by molar-refractivity contribution is -0.146. The SMILES string of the molecule is O=C(O)C1CN(C(=O)NCCN2CCCC2)C1. The predicted octanol–water partition coefficient (Wildman–Crippen LogP) is -0.192. The van der Waals surface area contributed by atoms with Crippen LogP contribution in [0.5, 0.6) is 0 Å². The number of likely N-dealkylation sites (tertiary alicyclic amines) is 2. The van der Waals surface area contributed by atoms with Crippen molar-refractivity contribution < 1.29 is 14.7 Å². The van der Waals surface area contributed by atoms with Crippen molar-refractivity contribution in [2.24, 2.45) is 5.92 Å². The molecule has 6 nitrogen and oxygen atoms in total. The van der Waals surface area contributed by atoms with Crippen LogP contribution in [0, 0.1) is 5.92 Å². The first kappa shape index (κ1) is 12.2. The third-order valence-corrected chi connectivity index (χ3v) is 3.42. The summed E-state index contributed by atoms with van der Waals surface area (Å²) in [4.78, 5) is 26.0. The van der Waals surface area contributed by atoms with Crippen LogP contribution in [0.1, 0.15) is 12.8 Å². The van der Waals surface area contributed by atoms with Crippen LogP contribution in [0.2, 0.25) is 0 Å². The van der Waals surface area contributed by atoms with Gasteiger partial charge in [0.25, 0.3) is 0 Å². The molecule has 2 N–H and O–H groups in total. The summed E-state index contributed by atoms with van der Waals surface area (Å²) < 4.78 is 0. The largest absolute Gasteiger partial charge is 0.481 e. The standard InChI is InChI=1S/C11H19N3O3/c15-10(16)9-7-14(8-9)11(17)12-3-6-13-4-1-2-5-13/h9H,1-8H2,(H,12,17)(H,15,16). The van der Waals surface area contributed by atoms with E-state index in [9.17, 15) is 9.59 Å². The van der Waals surface area contributed by atoms with Crippen LogP contribution >= 0.6 is 0 Å². The van der Waals surface area contributed by atoms with Crippen molar-refractivity contribution in [3.05, 3.63) is 0 Å². The van der Waals surface area contributed by atoms with Gasteiger partial charge in [0, 0.05) is 26.2 Å². The van der Waals surface area contributed by atoms with Gasteiger partial charge in [-0.05, 0) is 25.9 Å². The van der Waals surface area contributed by atoms with Gasteiger partial charge in [-0.2, -0.15) is 0 Å². The minimum Gasteiger partial charge on any atom is -0.481 e. The van der Waals surface area contributed by atoms with Crippen LogP contribution in [0.4, 0.5) is 4.79 Å². The Kier molecular flexibility index (Phi) is 3.83. The van der Waals surface area contributed by atoms with E-state index in [0.29, 0.717) is 19.6 Å². The Labute approximate surface area is 101 Å². The normalized spacial score (nSPS) is 21.3. The van der Waals surface area contributed by atoms with E-state index in [2.05, 4.69) is 10.2 Å². The van der Waals surface area contributed by atoms with E-state index in [4.69, 9.17) is 5.11 Å². The number of rotatable bonds is 4. The number of carbonyl (C=O) groups excluding carboxylic acids is 1. The molecule has 0 atom stereocenters. The highest BCUT2D eigenvalue weighted by atomic mass is 16.4. The van der Waals surface area contributed by atoms with Crippen molar-refractivity contribution in [2.75, 3.05) is 39.3 Å². The topological polar surface area (TPSA) is 72.9 Å². The summed E-state index contributed by atoms with van der Waals surface area (Å²) in [5, 5.41) is 11.5. The predicted molar refractivity (Wildman–Crippen MR) is 61.8 cm³/mol. The zero-order chi connectivity index (χ0) is 12.3. The third-order valence-electron chi connectivity index (χ3n) is 3.42. The monoisotopic (exact) mass is 241 g/mol. The molecule has 0 aromatic carbocycles. The molecular formula is C11H19N3O3. The average Bonchev–Trinajstić information content (AvgIpc) is 2.67. The molecule has 0 spiro atoms. The molecule has 2 amide bonds. The summed E-state index contributed by atoms with van der Waals surface area (Å²) in [6.45, 7) is 4.46. The number of nitrogens with one attached hydrogen (secondary N) is 1. The van der Waals surface area contributed by atoms with E-state index < -0.39 is 5.97 Å². The van der Waals surface area contributed by atoms with Crippen LogP contribution in [-0.2, 0) is 4.79 Å². The molecule has 17 heavy (non-hydrogen) atoms. The lowest BCUT2D eigenvalue weighted by Crippen LogP contribution is -2.56. The Morgan fingerprint density at radius 3 is 2.47 bits per heavy atom. The summed E-state index contributed by atoms with van der Waals surface area (Å²) in [5.41, 5.74) is 0. The van der Waals surface area contributed by atoms with Gasteiger partial charge in [-0.1, -0.05) is 0 Å². The second kappa shape index (κ2) is 5.35. The van der Waals surface area contributed by atoms with Gasteiger partial charge in [0.05, 0.1) is 5.92 Å². The molecule has 2 heterocycles. The summed E-state index contributed by atoms with van der Waals surface area (Å²) in [6.07, 6.45) is 2.50. The molecule has 2 fully saturated rings. The van der Waals surface area contributed by atoms with Crippen molar-refractivity contribution in [2.45, 2.75) is 12.8 Å². The summed E-state index contributed by atoms with van der Waals surface area (Å²) in [5.74, 6) is -1.19. The minimum atomic E-state index is -0.814. The van der Waals surface area contributed by atoms with Gasteiger partial charge in [0.15, 0.2) is 0 Å². The van der Waals surface area contributed by atoms with Crippen LogP contribution < -0.4 is 5.32 Å². The first-order valence-electron chi connectivity index (χ1n) is 6.15. The van der Waals surface area contributed by atoms with Crippen molar-refractivity contribution in [1.29, 1.82) is 0 Å². The maximum atomic E-state index is 11.6. The number of hydrogen-bond donors (Lipinski definition) is 2. The number of carbonyl (C=O) groups is 2. The fourth-order valence-corrected chi connectivity index (χ4v) is 2.24. The summed E-state index contributed by atoms with van der Waals surface area (Å²) in [6, 6.07) is -0.137. The molecule has 0 radical (unpaired) electrons. The van der Waals surface area contributed by atoms with E-state index in [1.165, 1.54) is 12.8 Å². The van der Waals surface area contributed by atoms with Gasteiger partial charge in [0.2, 0.25) is 0 Å². The number of carboxylic acids is 1. The molecule has 0 aromatic heterocycles. The van der Waals surface area contributed by atoms with E-state index >= 15 is 0 Å². The maximum Gasteiger partial charge on any atom is 0.317 e. The number of aliphatic carboxylic acids is 1. The smallest absolute Gasteiger partial charge is 0.317 e. The molecule has 0 aliphatic carbocycles. The molecule has 6 heteroatoms. The van der Waals surface area contributed by atoms with Gasteiger partial charge >= 0.3 is 12.0 Å². The van der Waals surface area contributed by atoms with Crippen LogP contribution in [-0.4, -0.2) is 66.2 Å². The first-order chi connectivity index (χ1) is 8.16. The molecule has 0 unspecified atom stereocenters. The van der Waals surface area contributed by atoms with Crippen LogP contribution in [0.3, 0.4) is 0 Å². The van der Waals surface area contributed by atoms with E-state index in [1.54, 1.807) is 4.90 Å². The van der Waals surface area contributed by atoms with Gasteiger partial charge < -0.3 is 20.2 Å². The van der Waals surface area contributed by atoms with Crippen molar-refractivity contribution in [1.82, 2.24) is 15.1 Å². The Bertz CT molecular complexity index is 296.